The fourth-order valence-electron chi connectivity index (χ4n) is 2.68. The smallest absolute Gasteiger partial charge is 0.148 e. The quantitative estimate of drug-likeness (QED) is 0.863. The molecule has 0 amide bonds. The number of rotatable bonds is 2. The first-order chi connectivity index (χ1) is 10.1. The van der Waals surface area contributed by atoms with Crippen molar-refractivity contribution < 1.29 is 4.39 Å². The van der Waals surface area contributed by atoms with Gasteiger partial charge in [-0.05, 0) is 30.3 Å². The van der Waals surface area contributed by atoms with Crippen molar-refractivity contribution >= 4 is 28.7 Å². The van der Waals surface area contributed by atoms with Crippen LogP contribution in [0, 0.1) is 5.82 Å². The van der Waals surface area contributed by atoms with Crippen molar-refractivity contribution in [3.63, 3.8) is 0 Å². The fourth-order valence-corrected chi connectivity index (χ4v) is 2.86. The molecule has 0 aliphatic carbocycles. The molecular formula is C16H17ClFN3. The van der Waals surface area contributed by atoms with Crippen molar-refractivity contribution in [3.05, 3.63) is 53.3 Å². The Morgan fingerprint density at radius 2 is 1.62 bits per heavy atom. The monoisotopic (exact) mass is 305 g/mol. The minimum Gasteiger partial charge on any atom is -0.395 e. The second-order valence-corrected chi connectivity index (χ2v) is 5.56. The highest BCUT2D eigenvalue weighted by molar-refractivity contribution is 6.30. The van der Waals surface area contributed by atoms with Crippen LogP contribution < -0.4 is 15.5 Å². The number of nitrogens with two attached hydrogens (primary N) is 1. The van der Waals surface area contributed by atoms with E-state index in [4.69, 9.17) is 17.3 Å². The molecule has 0 unspecified atom stereocenters. The predicted molar refractivity (Wildman–Crippen MR) is 86.7 cm³/mol. The molecule has 1 aliphatic heterocycles. The van der Waals surface area contributed by atoms with Gasteiger partial charge in [0.25, 0.3) is 0 Å². The Kier molecular flexibility index (Phi) is 3.88. The second kappa shape index (κ2) is 5.82. The molecular weight excluding hydrogens is 289 g/mol. The number of hydrogen-bond acceptors (Lipinski definition) is 3. The molecule has 0 aromatic heterocycles. The molecule has 1 saturated heterocycles. The lowest BCUT2D eigenvalue weighted by Crippen LogP contribution is -2.46. The first-order valence-corrected chi connectivity index (χ1v) is 7.32. The summed E-state index contributed by atoms with van der Waals surface area (Å²) in [7, 11) is 0. The van der Waals surface area contributed by atoms with Crippen LogP contribution in [0.15, 0.2) is 42.5 Å². The van der Waals surface area contributed by atoms with Gasteiger partial charge in [-0.2, -0.15) is 0 Å². The van der Waals surface area contributed by atoms with Gasteiger partial charge >= 0.3 is 0 Å². The molecule has 0 spiro atoms. The summed E-state index contributed by atoms with van der Waals surface area (Å²) in [6, 6.07) is 12.8. The Balaban J connectivity index is 1.72. The van der Waals surface area contributed by atoms with Gasteiger partial charge in [-0.25, -0.2) is 4.39 Å². The number of benzene rings is 2. The Labute approximate surface area is 128 Å². The highest BCUT2D eigenvalue weighted by Crippen LogP contribution is 2.28. The second-order valence-electron chi connectivity index (χ2n) is 5.13. The van der Waals surface area contributed by atoms with Gasteiger partial charge in [0.15, 0.2) is 0 Å². The molecule has 2 N–H and O–H groups in total. The van der Waals surface area contributed by atoms with E-state index in [0.717, 1.165) is 42.6 Å². The number of anilines is 3. The van der Waals surface area contributed by atoms with Crippen molar-refractivity contribution in [2.75, 3.05) is 41.7 Å². The van der Waals surface area contributed by atoms with Crippen LogP contribution in [0.5, 0.6) is 0 Å². The average molecular weight is 306 g/mol. The van der Waals surface area contributed by atoms with E-state index in [2.05, 4.69) is 15.9 Å². The summed E-state index contributed by atoms with van der Waals surface area (Å²) in [4.78, 5) is 4.40. The maximum absolute atomic E-state index is 13.5. The molecule has 3 rings (SSSR count). The van der Waals surface area contributed by atoms with E-state index < -0.39 is 0 Å². The number of nitrogens with zero attached hydrogens (tertiary/aromatic N) is 2. The molecule has 1 aliphatic rings. The van der Waals surface area contributed by atoms with E-state index in [-0.39, 0.29) is 11.5 Å². The van der Waals surface area contributed by atoms with Crippen molar-refractivity contribution in [1.29, 1.82) is 0 Å². The molecule has 1 fully saturated rings. The van der Waals surface area contributed by atoms with Crippen LogP contribution in [0.1, 0.15) is 0 Å². The molecule has 2 aromatic rings. The summed E-state index contributed by atoms with van der Waals surface area (Å²) in [5.74, 6) is -0.357. The zero-order valence-electron chi connectivity index (χ0n) is 11.6. The zero-order chi connectivity index (χ0) is 14.8. The van der Waals surface area contributed by atoms with Gasteiger partial charge in [0.1, 0.15) is 5.82 Å². The lowest BCUT2D eigenvalue weighted by atomic mass is 10.2. The Hall–Kier alpha value is -1.94. The molecule has 0 atom stereocenters. The zero-order valence-corrected chi connectivity index (χ0v) is 12.4. The SMILES string of the molecule is Nc1c(F)cccc1N1CCN(c2cccc(Cl)c2)CC1. The van der Waals surface area contributed by atoms with Crippen LogP contribution >= 0.6 is 11.6 Å². The van der Waals surface area contributed by atoms with Crippen LogP contribution in [0.3, 0.4) is 0 Å². The first-order valence-electron chi connectivity index (χ1n) is 6.94. The summed E-state index contributed by atoms with van der Waals surface area (Å²) in [5.41, 5.74) is 7.96. The highest BCUT2D eigenvalue weighted by atomic mass is 35.5. The van der Waals surface area contributed by atoms with Gasteiger partial charge in [0, 0.05) is 36.9 Å². The molecule has 21 heavy (non-hydrogen) atoms. The maximum Gasteiger partial charge on any atom is 0.148 e. The largest absolute Gasteiger partial charge is 0.395 e. The number of nitrogen functional groups attached to an aromatic ring is 1. The minimum atomic E-state index is -0.357. The van der Waals surface area contributed by atoms with E-state index >= 15 is 0 Å². The molecule has 0 radical (unpaired) electrons. The van der Waals surface area contributed by atoms with E-state index in [1.807, 2.05) is 24.3 Å². The molecule has 0 saturated carbocycles. The van der Waals surface area contributed by atoms with Gasteiger partial charge in [-0.15, -0.1) is 0 Å². The van der Waals surface area contributed by atoms with E-state index in [1.165, 1.54) is 6.07 Å². The third-order valence-electron chi connectivity index (χ3n) is 3.82. The number of piperazine rings is 1. The molecule has 110 valence electrons. The Bertz CT molecular complexity index is 639. The lowest BCUT2D eigenvalue weighted by molar-refractivity contribution is 0.625. The summed E-state index contributed by atoms with van der Waals surface area (Å²) in [6.07, 6.45) is 0. The van der Waals surface area contributed by atoms with Crippen LogP contribution in [0.2, 0.25) is 5.02 Å². The van der Waals surface area contributed by atoms with E-state index in [1.54, 1.807) is 6.07 Å². The van der Waals surface area contributed by atoms with Crippen molar-refractivity contribution in [2.45, 2.75) is 0 Å². The van der Waals surface area contributed by atoms with E-state index in [0.29, 0.717) is 0 Å². The summed E-state index contributed by atoms with van der Waals surface area (Å²) >= 11 is 6.03. The first kappa shape index (κ1) is 14.0. The Morgan fingerprint density at radius 1 is 0.952 bits per heavy atom. The van der Waals surface area contributed by atoms with Crippen LogP contribution in [-0.2, 0) is 0 Å². The summed E-state index contributed by atoms with van der Waals surface area (Å²) in [6.45, 7) is 3.33. The molecule has 0 bridgehead atoms. The third kappa shape index (κ3) is 2.90. The maximum atomic E-state index is 13.5. The topological polar surface area (TPSA) is 32.5 Å². The summed E-state index contributed by atoms with van der Waals surface area (Å²) < 4.78 is 13.5. The lowest BCUT2D eigenvalue weighted by Gasteiger charge is -2.37. The minimum absolute atomic E-state index is 0.230. The number of halogens is 2. The van der Waals surface area contributed by atoms with Gasteiger partial charge in [0.2, 0.25) is 0 Å². The standard InChI is InChI=1S/C16H17ClFN3/c17-12-3-1-4-13(11-12)20-7-9-21(10-8-20)15-6-2-5-14(18)16(15)19/h1-6,11H,7-10,19H2. The van der Waals surface area contributed by atoms with Gasteiger partial charge in [-0.3, -0.25) is 0 Å². The molecule has 2 aromatic carbocycles. The van der Waals surface area contributed by atoms with Gasteiger partial charge in [-0.1, -0.05) is 23.7 Å². The number of hydrogen-bond donors (Lipinski definition) is 1. The van der Waals surface area contributed by atoms with Crippen molar-refractivity contribution in [3.8, 4) is 0 Å². The third-order valence-corrected chi connectivity index (χ3v) is 4.06. The van der Waals surface area contributed by atoms with Crippen LogP contribution in [0.4, 0.5) is 21.5 Å². The van der Waals surface area contributed by atoms with Crippen molar-refractivity contribution in [1.82, 2.24) is 0 Å². The molecule has 5 heteroatoms. The van der Waals surface area contributed by atoms with E-state index in [9.17, 15) is 4.39 Å². The Morgan fingerprint density at radius 3 is 2.33 bits per heavy atom. The summed E-state index contributed by atoms with van der Waals surface area (Å²) in [5, 5.41) is 0.740. The molecule has 3 nitrogen and oxygen atoms in total. The van der Waals surface area contributed by atoms with Crippen molar-refractivity contribution in [2.24, 2.45) is 0 Å². The average Bonchev–Trinajstić information content (AvgIpc) is 2.50. The fraction of sp³-hybridized carbons (Fsp3) is 0.250. The van der Waals surface area contributed by atoms with Gasteiger partial charge in [0.05, 0.1) is 11.4 Å². The van der Waals surface area contributed by atoms with Gasteiger partial charge < -0.3 is 15.5 Å². The molecule has 1 heterocycles. The van der Waals surface area contributed by atoms with Crippen LogP contribution in [-0.4, -0.2) is 26.2 Å². The van der Waals surface area contributed by atoms with Crippen LogP contribution in [0.25, 0.3) is 0 Å². The highest BCUT2D eigenvalue weighted by Gasteiger charge is 2.20. The predicted octanol–water partition coefficient (Wildman–Crippen LogP) is 3.39. The number of para-hydroxylation sites is 1. The normalized spacial score (nSPS) is 15.3.